The van der Waals surface area contributed by atoms with Gasteiger partial charge in [0.1, 0.15) is 5.76 Å². The van der Waals surface area contributed by atoms with E-state index in [1.807, 2.05) is 13.8 Å². The number of rotatable bonds is 3. The number of carboxylic acid groups (broad SMARTS) is 1. The quantitative estimate of drug-likeness (QED) is 0.904. The standard InChI is InChI=1S/C14H20N2O3/c1-9-10(2)19-12(15-9)7-16-6-11-4-3-5-14(11,8-16)13(17)18/h11H,3-8H2,1-2H3,(H,17,18)/t11-,14+/m0/s1. The molecule has 3 rings (SSSR count). The number of carbonyl (C=O) groups is 1. The topological polar surface area (TPSA) is 66.6 Å². The van der Waals surface area contributed by atoms with Crippen LogP contribution in [0.5, 0.6) is 0 Å². The molecule has 2 fully saturated rings. The molecule has 1 aliphatic heterocycles. The van der Waals surface area contributed by atoms with Gasteiger partial charge in [-0.05, 0) is 32.6 Å². The van der Waals surface area contributed by atoms with Crippen LogP contribution in [-0.4, -0.2) is 34.0 Å². The molecule has 0 radical (unpaired) electrons. The predicted molar refractivity (Wildman–Crippen MR) is 68.7 cm³/mol. The van der Waals surface area contributed by atoms with Gasteiger partial charge in [-0.3, -0.25) is 9.69 Å². The van der Waals surface area contributed by atoms with Crippen LogP contribution in [0.4, 0.5) is 0 Å². The van der Waals surface area contributed by atoms with Crippen molar-refractivity contribution in [3.8, 4) is 0 Å². The molecule has 104 valence electrons. The van der Waals surface area contributed by atoms with E-state index in [0.717, 1.165) is 37.3 Å². The minimum absolute atomic E-state index is 0.294. The van der Waals surface area contributed by atoms with E-state index in [4.69, 9.17) is 4.42 Å². The average molecular weight is 264 g/mol. The number of fused-ring (bicyclic) bond motifs is 1. The highest BCUT2D eigenvalue weighted by molar-refractivity contribution is 5.76. The average Bonchev–Trinajstić information content (AvgIpc) is 2.93. The summed E-state index contributed by atoms with van der Waals surface area (Å²) in [5.41, 5.74) is 0.402. The Bertz CT molecular complexity index is 491. The lowest BCUT2D eigenvalue weighted by Gasteiger charge is -2.23. The summed E-state index contributed by atoms with van der Waals surface area (Å²) in [4.78, 5) is 18.2. The molecule has 5 heteroatoms. The Balaban J connectivity index is 1.74. The van der Waals surface area contributed by atoms with Crippen molar-refractivity contribution in [3.63, 3.8) is 0 Å². The van der Waals surface area contributed by atoms with Gasteiger partial charge in [0.15, 0.2) is 0 Å². The van der Waals surface area contributed by atoms with Gasteiger partial charge in [-0.15, -0.1) is 0 Å². The minimum atomic E-state index is -0.628. The summed E-state index contributed by atoms with van der Waals surface area (Å²) in [6.07, 6.45) is 2.89. The highest BCUT2D eigenvalue weighted by Gasteiger charge is 2.54. The summed E-state index contributed by atoms with van der Waals surface area (Å²) in [6.45, 7) is 5.95. The van der Waals surface area contributed by atoms with Crippen LogP contribution in [0.3, 0.4) is 0 Å². The van der Waals surface area contributed by atoms with E-state index >= 15 is 0 Å². The first-order chi connectivity index (χ1) is 9.01. The number of hydrogen-bond acceptors (Lipinski definition) is 4. The van der Waals surface area contributed by atoms with Crippen LogP contribution in [0, 0.1) is 25.2 Å². The first-order valence-corrected chi connectivity index (χ1v) is 6.90. The maximum Gasteiger partial charge on any atom is 0.311 e. The number of aliphatic carboxylic acids is 1. The zero-order valence-electron chi connectivity index (χ0n) is 11.5. The lowest BCUT2D eigenvalue weighted by molar-refractivity contribution is -0.149. The first kappa shape index (κ1) is 12.7. The summed E-state index contributed by atoms with van der Waals surface area (Å²) < 4.78 is 5.59. The van der Waals surface area contributed by atoms with Gasteiger partial charge in [0.05, 0.1) is 17.7 Å². The van der Waals surface area contributed by atoms with Crippen molar-refractivity contribution in [2.24, 2.45) is 11.3 Å². The fourth-order valence-electron chi connectivity index (χ4n) is 3.66. The number of likely N-dealkylation sites (tertiary alicyclic amines) is 1. The molecule has 1 N–H and O–H groups in total. The summed E-state index contributed by atoms with van der Waals surface area (Å²) in [6, 6.07) is 0. The Morgan fingerprint density at radius 1 is 1.58 bits per heavy atom. The normalized spacial score (nSPS) is 30.7. The zero-order chi connectivity index (χ0) is 13.6. The highest BCUT2D eigenvalue weighted by atomic mass is 16.4. The van der Waals surface area contributed by atoms with Gasteiger partial charge >= 0.3 is 5.97 Å². The molecule has 1 saturated carbocycles. The van der Waals surface area contributed by atoms with Crippen molar-refractivity contribution < 1.29 is 14.3 Å². The van der Waals surface area contributed by atoms with Crippen molar-refractivity contribution in [2.45, 2.75) is 39.7 Å². The number of nitrogens with zero attached hydrogens (tertiary/aromatic N) is 2. The maximum absolute atomic E-state index is 11.6. The Morgan fingerprint density at radius 2 is 2.37 bits per heavy atom. The zero-order valence-corrected chi connectivity index (χ0v) is 11.5. The van der Waals surface area contributed by atoms with Crippen LogP contribution in [0.2, 0.25) is 0 Å². The third kappa shape index (κ3) is 1.96. The molecule has 2 aliphatic rings. The van der Waals surface area contributed by atoms with Gasteiger partial charge in [0.2, 0.25) is 5.89 Å². The number of carboxylic acids is 1. The monoisotopic (exact) mass is 264 g/mol. The van der Waals surface area contributed by atoms with E-state index in [2.05, 4.69) is 9.88 Å². The van der Waals surface area contributed by atoms with Crippen molar-refractivity contribution in [2.75, 3.05) is 13.1 Å². The first-order valence-electron chi connectivity index (χ1n) is 6.90. The van der Waals surface area contributed by atoms with Crippen molar-refractivity contribution in [1.82, 2.24) is 9.88 Å². The fraction of sp³-hybridized carbons (Fsp3) is 0.714. The van der Waals surface area contributed by atoms with E-state index in [0.29, 0.717) is 24.9 Å². The number of aromatic nitrogens is 1. The lowest BCUT2D eigenvalue weighted by atomic mass is 9.81. The summed E-state index contributed by atoms with van der Waals surface area (Å²) in [5.74, 6) is 1.22. The fourth-order valence-corrected chi connectivity index (χ4v) is 3.66. The van der Waals surface area contributed by atoms with Crippen molar-refractivity contribution in [3.05, 3.63) is 17.3 Å². The lowest BCUT2D eigenvalue weighted by Crippen LogP contribution is -2.35. The van der Waals surface area contributed by atoms with E-state index in [-0.39, 0.29) is 0 Å². The van der Waals surface area contributed by atoms with Crippen LogP contribution in [0.25, 0.3) is 0 Å². The Labute approximate surface area is 112 Å². The van der Waals surface area contributed by atoms with Crippen LogP contribution < -0.4 is 0 Å². The van der Waals surface area contributed by atoms with Crippen LogP contribution in [0.15, 0.2) is 4.42 Å². The maximum atomic E-state index is 11.6. The van der Waals surface area contributed by atoms with Crippen molar-refractivity contribution in [1.29, 1.82) is 0 Å². The molecule has 1 saturated heterocycles. The van der Waals surface area contributed by atoms with Gasteiger partial charge in [-0.25, -0.2) is 4.98 Å². The summed E-state index contributed by atoms with van der Waals surface area (Å²) in [5, 5.41) is 9.54. The van der Waals surface area contributed by atoms with Crippen LogP contribution in [-0.2, 0) is 11.3 Å². The molecule has 1 aromatic rings. The predicted octanol–water partition coefficient (Wildman–Crippen LogP) is 1.98. The molecule has 0 spiro atoms. The molecule has 0 bridgehead atoms. The number of aryl methyl sites for hydroxylation is 2. The van der Waals surface area contributed by atoms with Crippen LogP contribution >= 0.6 is 0 Å². The minimum Gasteiger partial charge on any atom is -0.481 e. The van der Waals surface area contributed by atoms with Gasteiger partial charge in [-0.2, -0.15) is 0 Å². The van der Waals surface area contributed by atoms with E-state index in [1.54, 1.807) is 0 Å². The van der Waals surface area contributed by atoms with Crippen LogP contribution in [0.1, 0.15) is 36.6 Å². The smallest absolute Gasteiger partial charge is 0.311 e. The van der Waals surface area contributed by atoms with E-state index in [1.165, 1.54) is 0 Å². The van der Waals surface area contributed by atoms with Gasteiger partial charge in [-0.1, -0.05) is 6.42 Å². The highest BCUT2D eigenvalue weighted by Crippen LogP contribution is 2.49. The molecule has 1 aromatic heterocycles. The SMILES string of the molecule is Cc1nc(CN2C[C@@H]3CCC[C@@]3(C(=O)O)C2)oc1C. The Morgan fingerprint density at radius 3 is 2.95 bits per heavy atom. The molecule has 0 unspecified atom stereocenters. The molecule has 5 nitrogen and oxygen atoms in total. The largest absolute Gasteiger partial charge is 0.481 e. The molecular weight excluding hydrogens is 244 g/mol. The van der Waals surface area contributed by atoms with Gasteiger partial charge < -0.3 is 9.52 Å². The molecule has 2 atom stereocenters. The molecule has 2 heterocycles. The second-order valence-electron chi connectivity index (χ2n) is 5.97. The van der Waals surface area contributed by atoms with E-state index < -0.39 is 11.4 Å². The van der Waals surface area contributed by atoms with Gasteiger partial charge in [0, 0.05) is 13.1 Å². The summed E-state index contributed by atoms with van der Waals surface area (Å²) in [7, 11) is 0. The second kappa shape index (κ2) is 4.34. The number of hydrogen-bond donors (Lipinski definition) is 1. The summed E-state index contributed by atoms with van der Waals surface area (Å²) >= 11 is 0. The molecule has 1 aliphatic carbocycles. The molecule has 19 heavy (non-hydrogen) atoms. The third-order valence-electron chi connectivity index (χ3n) is 4.80. The van der Waals surface area contributed by atoms with Gasteiger partial charge in [0.25, 0.3) is 0 Å². The third-order valence-corrected chi connectivity index (χ3v) is 4.80. The Kier molecular flexibility index (Phi) is 2.89. The number of oxazole rings is 1. The molecular formula is C14H20N2O3. The second-order valence-corrected chi connectivity index (χ2v) is 5.97. The molecule has 0 amide bonds. The molecule has 0 aromatic carbocycles. The Hall–Kier alpha value is -1.36. The van der Waals surface area contributed by atoms with E-state index in [9.17, 15) is 9.90 Å². The van der Waals surface area contributed by atoms with Crippen molar-refractivity contribution >= 4 is 5.97 Å².